The van der Waals surface area contributed by atoms with Gasteiger partial charge in [0.1, 0.15) is 5.75 Å². The van der Waals surface area contributed by atoms with Crippen LogP contribution in [0.5, 0.6) is 5.75 Å². The molecule has 40 heavy (non-hydrogen) atoms. The maximum absolute atomic E-state index is 12.1. The number of aryl methyl sites for hydroxylation is 2. The fourth-order valence-corrected chi connectivity index (χ4v) is 5.90. The monoisotopic (exact) mass is 553 g/mol. The highest BCUT2D eigenvalue weighted by Gasteiger charge is 2.42. The van der Waals surface area contributed by atoms with E-state index in [0.29, 0.717) is 23.0 Å². The number of rotatable bonds is 7. The number of nitrogens with one attached hydrogen (secondary N) is 2. The van der Waals surface area contributed by atoms with Crippen molar-refractivity contribution in [3.63, 3.8) is 0 Å². The van der Waals surface area contributed by atoms with Crippen LogP contribution in [0.15, 0.2) is 66.9 Å². The number of carbonyl (C=O) groups excluding carboxylic acids is 1. The summed E-state index contributed by atoms with van der Waals surface area (Å²) < 4.78 is 8.02. The Bertz CT molecular complexity index is 1580. The molecule has 1 aliphatic rings. The van der Waals surface area contributed by atoms with E-state index >= 15 is 0 Å². The predicted molar refractivity (Wildman–Crippen MR) is 165 cm³/mol. The van der Waals surface area contributed by atoms with E-state index in [-0.39, 0.29) is 18.0 Å². The first-order chi connectivity index (χ1) is 19.2. The molecule has 2 N–H and O–H groups in total. The second-order valence-electron chi connectivity index (χ2n) is 10.2. The number of thiocarbonyl (C=S) groups is 1. The van der Waals surface area contributed by atoms with Gasteiger partial charge in [0, 0.05) is 41.4 Å². The van der Waals surface area contributed by atoms with E-state index in [9.17, 15) is 4.79 Å². The van der Waals surface area contributed by atoms with Crippen LogP contribution in [0.25, 0.3) is 5.69 Å². The Morgan fingerprint density at radius 2 is 1.88 bits per heavy atom. The van der Waals surface area contributed by atoms with E-state index in [1.807, 2.05) is 49.5 Å². The highest BCUT2D eigenvalue weighted by atomic mass is 32.1. The third kappa shape index (κ3) is 4.84. The first-order valence-corrected chi connectivity index (χ1v) is 13.9. The third-order valence-corrected chi connectivity index (χ3v) is 8.08. The number of anilines is 2. The van der Waals surface area contributed by atoms with Gasteiger partial charge in [0.15, 0.2) is 5.11 Å². The van der Waals surface area contributed by atoms with Crippen molar-refractivity contribution in [1.29, 1.82) is 0 Å². The minimum absolute atomic E-state index is 0.0728. The summed E-state index contributed by atoms with van der Waals surface area (Å²) in [6.45, 7) is 10.5. The smallest absolute Gasteiger partial charge is 0.224 e. The number of nitrogens with zero attached hydrogens (tertiary/aromatic N) is 3. The van der Waals surface area contributed by atoms with Crippen LogP contribution in [0, 0.1) is 27.7 Å². The zero-order chi connectivity index (χ0) is 28.6. The van der Waals surface area contributed by atoms with E-state index in [1.54, 1.807) is 7.11 Å². The topological polar surface area (TPSA) is 71.4 Å². The fraction of sp³-hybridized carbons (Fsp3) is 0.281. The van der Waals surface area contributed by atoms with Gasteiger partial charge in [-0.25, -0.2) is 0 Å². The Labute approximate surface area is 241 Å². The molecule has 0 aliphatic carbocycles. The summed E-state index contributed by atoms with van der Waals surface area (Å²) in [5.41, 5.74) is 9.53. The van der Waals surface area contributed by atoms with Gasteiger partial charge < -0.3 is 24.8 Å². The van der Waals surface area contributed by atoms with E-state index in [4.69, 9.17) is 21.9 Å². The van der Waals surface area contributed by atoms with Crippen molar-refractivity contribution < 1.29 is 9.53 Å². The largest absolute Gasteiger partial charge is 0.494 e. The summed E-state index contributed by atoms with van der Waals surface area (Å²) in [5.74, 6) is 0.499. The minimum Gasteiger partial charge on any atom is -0.494 e. The van der Waals surface area contributed by atoms with Crippen LogP contribution in [0.1, 0.15) is 59.2 Å². The lowest BCUT2D eigenvalue weighted by molar-refractivity contribution is -0.115. The predicted octanol–water partition coefficient (Wildman–Crippen LogP) is 6.64. The molecule has 0 radical (unpaired) electrons. The Kier molecular flexibility index (Phi) is 7.63. The number of ether oxygens (including phenoxy) is 1. The molecule has 0 saturated carbocycles. The molecular formula is C32H35N5O2S. The third-order valence-electron chi connectivity index (χ3n) is 7.76. The van der Waals surface area contributed by atoms with E-state index in [1.165, 1.54) is 16.8 Å². The van der Waals surface area contributed by atoms with Gasteiger partial charge in [-0.2, -0.15) is 0 Å². The summed E-state index contributed by atoms with van der Waals surface area (Å²) in [6.07, 6.45) is 2.20. The van der Waals surface area contributed by atoms with Gasteiger partial charge in [0.25, 0.3) is 0 Å². The van der Waals surface area contributed by atoms with E-state index in [2.05, 4.69) is 72.1 Å². The van der Waals surface area contributed by atoms with E-state index in [0.717, 1.165) is 28.3 Å². The van der Waals surface area contributed by atoms with Crippen LogP contribution in [-0.4, -0.2) is 27.7 Å². The molecule has 4 aromatic rings. The van der Waals surface area contributed by atoms with Crippen LogP contribution in [-0.2, 0) is 4.79 Å². The first-order valence-electron chi connectivity index (χ1n) is 13.5. The van der Waals surface area contributed by atoms with Crippen molar-refractivity contribution in [1.82, 2.24) is 14.9 Å². The molecule has 1 fully saturated rings. The van der Waals surface area contributed by atoms with Gasteiger partial charge in [-0.1, -0.05) is 25.1 Å². The van der Waals surface area contributed by atoms with Crippen LogP contribution in [0.4, 0.5) is 11.4 Å². The maximum Gasteiger partial charge on any atom is 0.224 e. The van der Waals surface area contributed by atoms with Crippen molar-refractivity contribution in [3.05, 3.63) is 101 Å². The van der Waals surface area contributed by atoms with Gasteiger partial charge >= 0.3 is 0 Å². The number of amides is 1. The zero-order valence-electron chi connectivity index (χ0n) is 23.8. The average molecular weight is 554 g/mol. The average Bonchev–Trinajstić information content (AvgIpc) is 3.45. The quantitative estimate of drug-likeness (QED) is 0.250. The molecule has 1 aliphatic heterocycles. The number of hydrogen-bond donors (Lipinski definition) is 2. The molecular weight excluding hydrogens is 518 g/mol. The Hall–Kier alpha value is -4.17. The summed E-state index contributed by atoms with van der Waals surface area (Å²) in [6, 6.07) is 20.1. The molecule has 2 aromatic carbocycles. The van der Waals surface area contributed by atoms with Crippen molar-refractivity contribution in [3.8, 4) is 11.4 Å². The van der Waals surface area contributed by atoms with Gasteiger partial charge in [0.05, 0.1) is 30.6 Å². The number of methoxy groups -OCH3 is 1. The van der Waals surface area contributed by atoms with Crippen molar-refractivity contribution in [2.45, 2.75) is 53.1 Å². The Morgan fingerprint density at radius 3 is 2.58 bits per heavy atom. The van der Waals surface area contributed by atoms with Gasteiger partial charge in [-0.3, -0.25) is 9.78 Å². The lowest BCUT2D eigenvalue weighted by atomic mass is 9.96. The summed E-state index contributed by atoms with van der Waals surface area (Å²) in [5, 5.41) is 7.07. The molecule has 7 nitrogen and oxygen atoms in total. The number of hydrogen-bond acceptors (Lipinski definition) is 4. The Balaban J connectivity index is 1.66. The molecule has 2 aromatic heterocycles. The number of benzene rings is 2. The van der Waals surface area contributed by atoms with Crippen LogP contribution in [0.2, 0.25) is 0 Å². The van der Waals surface area contributed by atoms with Crippen molar-refractivity contribution in [2.75, 3.05) is 17.3 Å². The van der Waals surface area contributed by atoms with E-state index < -0.39 is 0 Å². The molecule has 2 atom stereocenters. The first kappa shape index (κ1) is 27.4. The molecule has 0 spiro atoms. The number of carbonyl (C=O) groups is 1. The SMILES string of the molecule is CCC(=O)Nc1ccc(N2C(=S)N[C@@H](c3ccccn3)[C@H]2c2cc(C)n(-c3cccc(C)c3C)c2C)cc1OC. The highest BCUT2D eigenvalue weighted by molar-refractivity contribution is 7.80. The maximum atomic E-state index is 12.1. The molecule has 5 rings (SSSR count). The van der Waals surface area contributed by atoms with Crippen molar-refractivity contribution in [2.24, 2.45) is 0 Å². The summed E-state index contributed by atoms with van der Waals surface area (Å²) in [7, 11) is 1.60. The van der Waals surface area contributed by atoms with Gasteiger partial charge in [-0.05, 0) is 93.0 Å². The molecule has 8 heteroatoms. The zero-order valence-corrected chi connectivity index (χ0v) is 24.6. The van der Waals surface area contributed by atoms with Crippen LogP contribution in [0.3, 0.4) is 0 Å². The molecule has 3 heterocycles. The molecule has 206 valence electrons. The van der Waals surface area contributed by atoms with Gasteiger partial charge in [-0.15, -0.1) is 0 Å². The minimum atomic E-state index is -0.174. The summed E-state index contributed by atoms with van der Waals surface area (Å²) >= 11 is 5.96. The molecule has 1 amide bonds. The Morgan fingerprint density at radius 1 is 1.07 bits per heavy atom. The van der Waals surface area contributed by atoms with Crippen LogP contribution < -0.4 is 20.3 Å². The second-order valence-corrected chi connectivity index (χ2v) is 10.6. The second kappa shape index (κ2) is 11.1. The van der Waals surface area contributed by atoms with Gasteiger partial charge in [0.2, 0.25) is 5.91 Å². The molecule has 1 saturated heterocycles. The normalized spacial score (nSPS) is 16.6. The highest BCUT2D eigenvalue weighted by Crippen LogP contribution is 2.45. The number of pyridine rings is 1. The fourth-order valence-electron chi connectivity index (χ4n) is 5.56. The lowest BCUT2D eigenvalue weighted by Gasteiger charge is -2.29. The van der Waals surface area contributed by atoms with Crippen LogP contribution >= 0.6 is 12.2 Å². The van der Waals surface area contributed by atoms with Crippen molar-refractivity contribution >= 4 is 34.6 Å². The molecule has 0 unspecified atom stereocenters. The number of aromatic nitrogens is 2. The summed E-state index contributed by atoms with van der Waals surface area (Å²) in [4.78, 5) is 18.9. The standard InChI is InChI=1S/C32H35N5O2S/c1-7-29(38)34-25-15-14-23(18-28(25)39-6)37-31(30(35-32(37)40)26-12-8-9-16-33-26)24-17-20(3)36(22(24)5)27-13-10-11-19(2)21(27)4/h8-18,30-31H,7H2,1-6H3,(H,34,38)(H,35,40)/t30-,31+/m0/s1. The molecule has 0 bridgehead atoms. The lowest BCUT2D eigenvalue weighted by Crippen LogP contribution is -2.29.